The van der Waals surface area contributed by atoms with E-state index in [1.165, 1.54) is 0 Å². The van der Waals surface area contributed by atoms with Crippen LogP contribution in [0.4, 0.5) is 10.5 Å². The van der Waals surface area contributed by atoms with Crippen molar-refractivity contribution in [3.8, 4) is 5.75 Å². The summed E-state index contributed by atoms with van der Waals surface area (Å²) in [5.41, 5.74) is 3.34. The van der Waals surface area contributed by atoms with Gasteiger partial charge in [-0.15, -0.1) is 0 Å². The van der Waals surface area contributed by atoms with Crippen molar-refractivity contribution in [3.63, 3.8) is 0 Å². The maximum atomic E-state index is 13.3. The van der Waals surface area contributed by atoms with Crippen LogP contribution in [0.15, 0.2) is 45.6 Å². The zero-order chi connectivity index (χ0) is 25.4. The van der Waals surface area contributed by atoms with Crippen molar-refractivity contribution in [2.45, 2.75) is 71.6 Å². The molecule has 0 unspecified atom stereocenters. The minimum atomic E-state index is -0.610. The average Bonchev–Trinajstić information content (AvgIpc) is 3.12. The van der Waals surface area contributed by atoms with E-state index in [9.17, 15) is 4.79 Å². The number of aryl methyl sites for hydroxylation is 1. The Bertz CT molecular complexity index is 1340. The smallest absolute Gasteiger partial charge is 0.415 e. The summed E-state index contributed by atoms with van der Waals surface area (Å²) in [7, 11) is 0. The summed E-state index contributed by atoms with van der Waals surface area (Å²) in [5, 5.41) is 10.7. The standard InChI is InChI=1S/C28H33ClN4O3/c1-17-7-5-6-8-23(17)35-19-11-9-18(10-12-19)24-21(29)13-14-33(27(34)36-28(2,3)4)26-20-15-30-31-16-22(20)32-25(24)26/h5-8,13,16,18-19,32H,9-12,14-15H2,1-4H3/t18-,19-. The summed E-state index contributed by atoms with van der Waals surface area (Å²) in [6, 6.07) is 8.16. The molecule has 1 aromatic carbocycles. The number of aromatic nitrogens is 1. The number of ether oxygens (including phenoxy) is 2. The highest BCUT2D eigenvalue weighted by Gasteiger charge is 2.33. The van der Waals surface area contributed by atoms with Gasteiger partial charge in [0.25, 0.3) is 0 Å². The second-order valence-electron chi connectivity index (χ2n) is 10.7. The lowest BCUT2D eigenvalue weighted by molar-refractivity contribution is 0.0584. The van der Waals surface area contributed by atoms with Gasteiger partial charge in [0.1, 0.15) is 11.4 Å². The first-order valence-corrected chi connectivity index (χ1v) is 13.0. The molecular formula is C28H33ClN4O3. The van der Waals surface area contributed by atoms with Crippen molar-refractivity contribution < 1.29 is 14.3 Å². The number of nitrogens with zero attached hydrogens (tertiary/aromatic N) is 3. The molecule has 5 rings (SSSR count). The second kappa shape index (κ2) is 9.77. The topological polar surface area (TPSA) is 79.3 Å². The number of nitrogens with one attached hydrogen (secondary N) is 1. The van der Waals surface area contributed by atoms with Crippen LogP contribution in [0.5, 0.6) is 5.75 Å². The highest BCUT2D eigenvalue weighted by Crippen LogP contribution is 2.39. The molecule has 2 aromatic rings. The zero-order valence-electron chi connectivity index (χ0n) is 21.3. The molecule has 1 fully saturated rings. The number of azo groups is 1. The zero-order valence-corrected chi connectivity index (χ0v) is 22.1. The molecule has 3 aliphatic rings. The Balaban J connectivity index is 1.49. The van der Waals surface area contributed by atoms with E-state index in [0.717, 1.165) is 64.5 Å². The first-order chi connectivity index (χ1) is 17.2. The number of carbonyl (C=O) groups excluding carboxylic acids is 1. The van der Waals surface area contributed by atoms with E-state index in [-0.39, 0.29) is 12.0 Å². The highest BCUT2D eigenvalue weighted by atomic mass is 35.5. The van der Waals surface area contributed by atoms with Crippen LogP contribution in [0.25, 0.3) is 11.8 Å². The van der Waals surface area contributed by atoms with E-state index in [2.05, 4.69) is 28.2 Å². The number of carbonyl (C=O) groups is 1. The fourth-order valence-electron chi connectivity index (χ4n) is 5.23. The molecule has 1 aliphatic carbocycles. The number of para-hydroxylation sites is 1. The van der Waals surface area contributed by atoms with Crippen LogP contribution < -0.4 is 20.3 Å². The molecule has 1 saturated carbocycles. The van der Waals surface area contributed by atoms with E-state index >= 15 is 0 Å². The van der Waals surface area contributed by atoms with Gasteiger partial charge in [0.15, 0.2) is 0 Å². The molecule has 0 saturated heterocycles. The molecule has 2 aliphatic heterocycles. The van der Waals surface area contributed by atoms with Crippen molar-refractivity contribution in [3.05, 3.63) is 57.2 Å². The lowest BCUT2D eigenvalue weighted by atomic mass is 9.81. The predicted octanol–water partition coefficient (Wildman–Crippen LogP) is 5.69. The Morgan fingerprint density at radius 1 is 1.17 bits per heavy atom. The second-order valence-corrected chi connectivity index (χ2v) is 11.1. The van der Waals surface area contributed by atoms with Gasteiger partial charge in [0, 0.05) is 17.1 Å². The molecule has 1 aromatic heterocycles. The number of anilines is 1. The lowest BCUT2D eigenvalue weighted by Gasteiger charge is -2.30. The van der Waals surface area contributed by atoms with E-state index in [0.29, 0.717) is 18.1 Å². The van der Waals surface area contributed by atoms with Crippen LogP contribution in [0.1, 0.15) is 57.6 Å². The van der Waals surface area contributed by atoms with Crippen molar-refractivity contribution >= 4 is 35.2 Å². The number of hydrogen-bond acceptors (Lipinski definition) is 5. The third kappa shape index (κ3) is 4.94. The number of benzene rings is 1. The fourth-order valence-corrected chi connectivity index (χ4v) is 5.55. The number of amides is 1. The van der Waals surface area contributed by atoms with Crippen molar-refractivity contribution in [1.29, 1.82) is 0 Å². The summed E-state index contributed by atoms with van der Waals surface area (Å²) in [4.78, 5) is 18.5. The van der Waals surface area contributed by atoms with Crippen LogP contribution in [0.3, 0.4) is 0 Å². The minimum Gasteiger partial charge on any atom is -0.490 e. The van der Waals surface area contributed by atoms with Gasteiger partial charge >= 0.3 is 6.09 Å². The van der Waals surface area contributed by atoms with Crippen molar-refractivity contribution in [2.75, 3.05) is 11.4 Å². The molecule has 3 heterocycles. The molecule has 8 heteroatoms. The van der Waals surface area contributed by atoms with Gasteiger partial charge in [-0.25, -0.2) is 4.79 Å². The van der Waals surface area contributed by atoms with Crippen molar-refractivity contribution in [1.82, 2.24) is 4.98 Å². The first kappa shape index (κ1) is 24.6. The monoisotopic (exact) mass is 508 g/mol. The molecule has 0 bridgehead atoms. The molecular weight excluding hydrogens is 476 g/mol. The number of halogens is 1. The predicted molar refractivity (Wildman–Crippen MR) is 142 cm³/mol. The van der Waals surface area contributed by atoms with E-state index < -0.39 is 11.7 Å². The van der Waals surface area contributed by atoms with Gasteiger partial charge in [-0.05, 0) is 82.6 Å². The van der Waals surface area contributed by atoms with Crippen LogP contribution in [0.2, 0.25) is 0 Å². The van der Waals surface area contributed by atoms with Gasteiger partial charge in [-0.1, -0.05) is 29.8 Å². The number of aromatic amines is 1. The van der Waals surface area contributed by atoms with Crippen LogP contribution >= 0.6 is 11.6 Å². The van der Waals surface area contributed by atoms with Gasteiger partial charge in [0.05, 0.1) is 35.2 Å². The molecule has 190 valence electrons. The SMILES string of the molecule is Cc1ccccc1O[C@H]1CC[C@H](C2=c3[nH]c4c(c3N(C(=O)OC(C)(C)C)CC=C2Cl)CN=NC=4)CC1. The maximum Gasteiger partial charge on any atom is 0.415 e. The summed E-state index contributed by atoms with van der Waals surface area (Å²) in [6.07, 6.45) is 7.19. The normalized spacial score (nSPS) is 21.6. The summed E-state index contributed by atoms with van der Waals surface area (Å²) >= 11 is 6.94. The van der Waals surface area contributed by atoms with Crippen LogP contribution in [-0.4, -0.2) is 29.3 Å². The van der Waals surface area contributed by atoms with Crippen LogP contribution in [-0.2, 0) is 11.3 Å². The van der Waals surface area contributed by atoms with Gasteiger partial charge in [-0.2, -0.15) is 10.2 Å². The first-order valence-electron chi connectivity index (χ1n) is 12.6. The van der Waals surface area contributed by atoms with Gasteiger partial charge < -0.3 is 14.5 Å². The Labute approximate surface area is 216 Å². The molecule has 0 atom stereocenters. The molecule has 0 spiro atoms. The third-order valence-electron chi connectivity index (χ3n) is 6.94. The Morgan fingerprint density at radius 3 is 2.64 bits per heavy atom. The number of H-pyrrole nitrogens is 1. The summed E-state index contributed by atoms with van der Waals surface area (Å²) < 4.78 is 12.1. The van der Waals surface area contributed by atoms with Gasteiger partial charge in [0.2, 0.25) is 0 Å². The fraction of sp³-hybridized carbons (Fsp3) is 0.464. The molecule has 1 amide bonds. The average molecular weight is 509 g/mol. The molecule has 7 nitrogen and oxygen atoms in total. The molecule has 36 heavy (non-hydrogen) atoms. The highest BCUT2D eigenvalue weighted by molar-refractivity contribution is 6.36. The van der Waals surface area contributed by atoms with E-state index in [1.54, 1.807) is 11.1 Å². The minimum absolute atomic E-state index is 0.178. The number of fused-ring (bicyclic) bond motifs is 3. The molecule has 0 radical (unpaired) electrons. The molecule has 1 N–H and O–H groups in total. The lowest BCUT2D eigenvalue weighted by Crippen LogP contribution is -2.39. The Kier molecular flexibility index (Phi) is 6.68. The van der Waals surface area contributed by atoms with Gasteiger partial charge in [-0.3, -0.25) is 4.90 Å². The Morgan fingerprint density at radius 2 is 1.92 bits per heavy atom. The number of allylic oxidation sites excluding steroid dienone is 1. The third-order valence-corrected chi connectivity index (χ3v) is 7.30. The largest absolute Gasteiger partial charge is 0.490 e. The number of hydrogen-bond donors (Lipinski definition) is 1. The van der Waals surface area contributed by atoms with E-state index in [4.69, 9.17) is 21.1 Å². The van der Waals surface area contributed by atoms with E-state index in [1.807, 2.05) is 45.0 Å². The number of rotatable bonds is 3. The van der Waals surface area contributed by atoms with Crippen molar-refractivity contribution in [2.24, 2.45) is 16.1 Å². The van der Waals surface area contributed by atoms with Crippen LogP contribution in [0, 0.1) is 12.8 Å². The maximum absolute atomic E-state index is 13.3. The Hall–Kier alpha value is -3.06. The summed E-state index contributed by atoms with van der Waals surface area (Å²) in [6.45, 7) is 8.42. The quantitative estimate of drug-likeness (QED) is 0.578. The summed E-state index contributed by atoms with van der Waals surface area (Å²) in [5.74, 6) is 1.20.